The Labute approximate surface area is 182 Å². The van der Waals surface area contributed by atoms with E-state index in [1.807, 2.05) is 52.9 Å². The van der Waals surface area contributed by atoms with Gasteiger partial charge in [-0.25, -0.2) is 9.79 Å². The largest absolute Gasteiger partial charge is 0.384 e. The number of thiophene rings is 1. The second-order valence-corrected chi connectivity index (χ2v) is 8.44. The van der Waals surface area contributed by atoms with E-state index in [0.717, 1.165) is 49.3 Å². The van der Waals surface area contributed by atoms with Gasteiger partial charge in [-0.05, 0) is 66.8 Å². The van der Waals surface area contributed by atoms with Gasteiger partial charge in [-0.2, -0.15) is 11.3 Å². The highest BCUT2D eigenvalue weighted by Gasteiger charge is 2.23. The Morgan fingerprint density at radius 1 is 1.27 bits per heavy atom. The molecule has 0 spiro atoms. The number of benzene rings is 1. The average molecular weight is 430 g/mol. The van der Waals surface area contributed by atoms with Crippen LogP contribution in [0, 0.1) is 0 Å². The summed E-state index contributed by atoms with van der Waals surface area (Å²) in [5, 5.41) is 24.0. The normalized spacial score (nSPS) is 16.2. The maximum absolute atomic E-state index is 12.3. The van der Waals surface area contributed by atoms with Gasteiger partial charge in [-0.3, -0.25) is 0 Å². The summed E-state index contributed by atoms with van der Waals surface area (Å²) < 4.78 is 0. The highest BCUT2D eigenvalue weighted by atomic mass is 32.1. The van der Waals surface area contributed by atoms with Crippen molar-refractivity contribution in [2.24, 2.45) is 4.99 Å². The molecule has 0 radical (unpaired) electrons. The highest BCUT2D eigenvalue weighted by molar-refractivity contribution is 7.08. The van der Waals surface area contributed by atoms with Crippen LogP contribution in [0.4, 0.5) is 10.5 Å². The number of rotatable bonds is 7. The van der Waals surface area contributed by atoms with Crippen molar-refractivity contribution in [3.63, 3.8) is 0 Å². The predicted octanol–water partition coefficient (Wildman–Crippen LogP) is 3.34. The molecule has 1 aliphatic rings. The van der Waals surface area contributed by atoms with E-state index in [1.165, 1.54) is 0 Å². The topological polar surface area (TPSA) is 89.0 Å². The molecule has 2 heterocycles. The lowest BCUT2D eigenvalue weighted by Gasteiger charge is -2.24. The van der Waals surface area contributed by atoms with Crippen LogP contribution < -0.4 is 16.0 Å². The fourth-order valence-corrected chi connectivity index (χ4v) is 4.09. The van der Waals surface area contributed by atoms with Gasteiger partial charge >= 0.3 is 6.03 Å². The van der Waals surface area contributed by atoms with Gasteiger partial charge in [0.25, 0.3) is 0 Å². The summed E-state index contributed by atoms with van der Waals surface area (Å²) in [5.74, 6) is 0.638. The summed E-state index contributed by atoms with van der Waals surface area (Å²) in [6.07, 6.45) is 2.14. The zero-order chi connectivity index (χ0) is 21.4. The monoisotopic (exact) mass is 429 g/mol. The van der Waals surface area contributed by atoms with Crippen molar-refractivity contribution in [2.45, 2.75) is 38.8 Å². The first-order chi connectivity index (χ1) is 14.5. The van der Waals surface area contributed by atoms with Crippen molar-refractivity contribution >= 4 is 29.0 Å². The molecule has 0 aliphatic carbocycles. The Balaban J connectivity index is 1.59. The molecule has 2 aromatic rings. The minimum Gasteiger partial charge on any atom is -0.384 e. The summed E-state index contributed by atoms with van der Waals surface area (Å²) >= 11 is 1.57. The Kier molecular flexibility index (Phi) is 7.70. The number of hydrogen-bond donors (Lipinski definition) is 4. The number of urea groups is 1. The van der Waals surface area contributed by atoms with Crippen LogP contribution in [0.25, 0.3) is 0 Å². The smallest absolute Gasteiger partial charge is 0.321 e. The average Bonchev–Trinajstić information content (AvgIpc) is 3.45. The Hall–Kier alpha value is -2.58. The summed E-state index contributed by atoms with van der Waals surface area (Å²) in [6.45, 7) is 6.97. The van der Waals surface area contributed by atoms with Crippen molar-refractivity contribution in [2.75, 3.05) is 31.5 Å². The molecule has 1 atom stereocenters. The van der Waals surface area contributed by atoms with Gasteiger partial charge in [0.05, 0.1) is 13.1 Å². The Bertz CT molecular complexity index is 845. The number of aliphatic hydroxyl groups is 1. The number of amides is 2. The SMILES string of the molecule is CCNC(=NCc1cccc(NC(=O)N2CCCC2)c1)NCC(C)(O)c1ccsc1. The molecule has 1 unspecified atom stereocenters. The van der Waals surface area contributed by atoms with Gasteiger partial charge in [0.15, 0.2) is 5.96 Å². The third-order valence-electron chi connectivity index (χ3n) is 5.08. The number of likely N-dealkylation sites (tertiary alicyclic amines) is 1. The first-order valence-electron chi connectivity index (χ1n) is 10.4. The van der Waals surface area contributed by atoms with Gasteiger partial charge in [0, 0.05) is 25.3 Å². The summed E-state index contributed by atoms with van der Waals surface area (Å²) in [6, 6.07) is 9.63. The molecule has 1 fully saturated rings. The second kappa shape index (κ2) is 10.4. The molecule has 4 N–H and O–H groups in total. The maximum atomic E-state index is 12.3. The molecule has 7 nitrogen and oxygen atoms in total. The van der Waals surface area contributed by atoms with Crippen molar-refractivity contribution < 1.29 is 9.90 Å². The molecule has 0 bridgehead atoms. The number of anilines is 1. The lowest BCUT2D eigenvalue weighted by molar-refractivity contribution is 0.0621. The van der Waals surface area contributed by atoms with Gasteiger partial charge in [0.1, 0.15) is 5.60 Å². The van der Waals surface area contributed by atoms with E-state index in [9.17, 15) is 9.90 Å². The summed E-state index contributed by atoms with van der Waals surface area (Å²) in [7, 11) is 0. The van der Waals surface area contributed by atoms with Crippen LogP contribution in [0.3, 0.4) is 0 Å². The fourth-order valence-electron chi connectivity index (χ4n) is 3.31. The summed E-state index contributed by atoms with van der Waals surface area (Å²) in [4.78, 5) is 18.8. The molecular formula is C22H31N5O2S. The highest BCUT2D eigenvalue weighted by Crippen LogP contribution is 2.22. The van der Waals surface area contributed by atoms with E-state index in [4.69, 9.17) is 0 Å². The van der Waals surface area contributed by atoms with Crippen LogP contribution in [0.1, 0.15) is 37.8 Å². The van der Waals surface area contributed by atoms with Crippen LogP contribution in [-0.2, 0) is 12.1 Å². The number of carbonyl (C=O) groups excluding carboxylic acids is 1. The molecular weight excluding hydrogens is 398 g/mol. The van der Waals surface area contributed by atoms with E-state index in [-0.39, 0.29) is 6.03 Å². The maximum Gasteiger partial charge on any atom is 0.321 e. The van der Waals surface area contributed by atoms with Gasteiger partial charge in [-0.15, -0.1) is 0 Å². The van der Waals surface area contributed by atoms with E-state index >= 15 is 0 Å². The van der Waals surface area contributed by atoms with Crippen molar-refractivity contribution in [3.8, 4) is 0 Å². The second-order valence-electron chi connectivity index (χ2n) is 7.66. The number of carbonyl (C=O) groups is 1. The molecule has 3 rings (SSSR count). The standard InChI is InChI=1S/C22H31N5O2S/c1-3-23-20(25-16-22(2,29)18-9-12-30-15-18)24-14-17-7-6-8-19(13-17)26-21(28)27-10-4-5-11-27/h6-9,12-13,15,29H,3-5,10-11,14,16H2,1-2H3,(H,26,28)(H2,23,24,25). The van der Waals surface area contributed by atoms with Crippen LogP contribution >= 0.6 is 11.3 Å². The lowest BCUT2D eigenvalue weighted by atomic mass is 9.99. The number of nitrogens with zero attached hydrogens (tertiary/aromatic N) is 2. The molecule has 162 valence electrons. The quantitative estimate of drug-likeness (QED) is 0.401. The Morgan fingerprint density at radius 2 is 2.07 bits per heavy atom. The van der Waals surface area contributed by atoms with Gasteiger partial charge < -0.3 is 26.0 Å². The summed E-state index contributed by atoms with van der Waals surface area (Å²) in [5.41, 5.74) is 1.68. The van der Waals surface area contributed by atoms with E-state index in [1.54, 1.807) is 18.3 Å². The molecule has 1 aliphatic heterocycles. The minimum absolute atomic E-state index is 0.0428. The number of aliphatic imine (C=N–C) groups is 1. The number of guanidine groups is 1. The molecule has 8 heteroatoms. The lowest BCUT2D eigenvalue weighted by Crippen LogP contribution is -2.44. The van der Waals surface area contributed by atoms with E-state index < -0.39 is 5.60 Å². The van der Waals surface area contributed by atoms with E-state index in [2.05, 4.69) is 20.9 Å². The third kappa shape index (κ3) is 6.21. The van der Waals surface area contributed by atoms with Crippen LogP contribution in [0.5, 0.6) is 0 Å². The fraction of sp³-hybridized carbons (Fsp3) is 0.455. The minimum atomic E-state index is -0.976. The van der Waals surface area contributed by atoms with Crippen LogP contribution in [-0.4, -0.2) is 48.2 Å². The van der Waals surface area contributed by atoms with Crippen molar-refractivity contribution in [3.05, 3.63) is 52.2 Å². The third-order valence-corrected chi connectivity index (χ3v) is 5.76. The zero-order valence-corrected chi connectivity index (χ0v) is 18.5. The van der Waals surface area contributed by atoms with Crippen LogP contribution in [0.15, 0.2) is 46.1 Å². The van der Waals surface area contributed by atoms with Crippen LogP contribution in [0.2, 0.25) is 0 Å². The molecule has 0 saturated carbocycles. The van der Waals surface area contributed by atoms with Gasteiger partial charge in [-0.1, -0.05) is 12.1 Å². The van der Waals surface area contributed by atoms with Crippen molar-refractivity contribution in [1.82, 2.24) is 15.5 Å². The number of hydrogen-bond acceptors (Lipinski definition) is 4. The van der Waals surface area contributed by atoms with E-state index in [0.29, 0.717) is 19.0 Å². The molecule has 1 aromatic heterocycles. The first kappa shape index (κ1) is 22.1. The predicted molar refractivity (Wildman–Crippen MR) is 123 cm³/mol. The number of nitrogens with one attached hydrogen (secondary N) is 3. The molecule has 2 amide bonds. The Morgan fingerprint density at radius 3 is 2.77 bits per heavy atom. The molecule has 30 heavy (non-hydrogen) atoms. The zero-order valence-electron chi connectivity index (χ0n) is 17.6. The molecule has 1 saturated heterocycles. The first-order valence-corrected chi connectivity index (χ1v) is 11.3. The molecule has 1 aromatic carbocycles. The van der Waals surface area contributed by atoms with Gasteiger partial charge in [0.2, 0.25) is 0 Å². The van der Waals surface area contributed by atoms with Crippen molar-refractivity contribution in [1.29, 1.82) is 0 Å².